The lowest BCUT2D eigenvalue weighted by Gasteiger charge is -2.25. The lowest BCUT2D eigenvalue weighted by molar-refractivity contribution is -0.144. The standard InChI is InChI=1S/C14H22N2O3S/c1-4-8-14(3,12(17)18)16-13(19)15-9-11-7-6-10(5-2)20-11/h6-7H,4-5,8-9H2,1-3H3,(H,17,18)(H2,15,16,19). The zero-order valence-corrected chi connectivity index (χ0v) is 13.0. The molecule has 0 fully saturated rings. The van der Waals surface area contributed by atoms with Crippen molar-refractivity contribution >= 4 is 23.3 Å². The van der Waals surface area contributed by atoms with Crippen LogP contribution in [0.1, 0.15) is 43.4 Å². The summed E-state index contributed by atoms with van der Waals surface area (Å²) in [6.07, 6.45) is 2.06. The van der Waals surface area contributed by atoms with Crippen LogP contribution in [0.2, 0.25) is 0 Å². The van der Waals surface area contributed by atoms with Crippen molar-refractivity contribution in [2.24, 2.45) is 0 Å². The Morgan fingerprint density at radius 2 is 1.95 bits per heavy atom. The Bertz CT molecular complexity index is 473. The minimum Gasteiger partial charge on any atom is -0.480 e. The van der Waals surface area contributed by atoms with Crippen LogP contribution in [0.4, 0.5) is 4.79 Å². The first-order valence-electron chi connectivity index (χ1n) is 6.78. The molecule has 0 saturated heterocycles. The van der Waals surface area contributed by atoms with Gasteiger partial charge in [-0.3, -0.25) is 0 Å². The van der Waals surface area contributed by atoms with E-state index < -0.39 is 17.5 Å². The fourth-order valence-electron chi connectivity index (χ4n) is 1.89. The number of thiophene rings is 1. The number of rotatable bonds is 7. The highest BCUT2D eigenvalue weighted by atomic mass is 32.1. The summed E-state index contributed by atoms with van der Waals surface area (Å²) >= 11 is 1.65. The molecule has 1 unspecified atom stereocenters. The first-order valence-corrected chi connectivity index (χ1v) is 7.60. The summed E-state index contributed by atoms with van der Waals surface area (Å²) in [4.78, 5) is 25.4. The predicted molar refractivity (Wildman–Crippen MR) is 80.0 cm³/mol. The van der Waals surface area contributed by atoms with E-state index in [0.29, 0.717) is 19.4 Å². The maximum absolute atomic E-state index is 11.8. The van der Waals surface area contributed by atoms with Crippen molar-refractivity contribution in [1.82, 2.24) is 10.6 Å². The third-order valence-electron chi connectivity index (χ3n) is 3.10. The van der Waals surface area contributed by atoms with E-state index in [-0.39, 0.29) is 0 Å². The number of carboxylic acid groups (broad SMARTS) is 1. The summed E-state index contributed by atoms with van der Waals surface area (Å²) in [6.45, 7) is 5.91. The quantitative estimate of drug-likeness (QED) is 0.724. The second kappa shape index (κ2) is 7.28. The van der Waals surface area contributed by atoms with Crippen molar-refractivity contribution in [2.75, 3.05) is 0 Å². The first kappa shape index (κ1) is 16.5. The zero-order chi connectivity index (χ0) is 15.2. The SMILES string of the molecule is CCCC(C)(NC(=O)NCc1ccc(CC)s1)C(=O)O. The number of hydrogen-bond donors (Lipinski definition) is 3. The Hall–Kier alpha value is -1.56. The number of hydrogen-bond acceptors (Lipinski definition) is 3. The normalized spacial score (nSPS) is 13.6. The molecule has 0 aliphatic rings. The van der Waals surface area contributed by atoms with E-state index >= 15 is 0 Å². The highest BCUT2D eigenvalue weighted by Crippen LogP contribution is 2.16. The highest BCUT2D eigenvalue weighted by Gasteiger charge is 2.33. The van der Waals surface area contributed by atoms with Gasteiger partial charge in [-0.05, 0) is 31.9 Å². The van der Waals surface area contributed by atoms with E-state index in [0.717, 1.165) is 11.3 Å². The number of nitrogens with one attached hydrogen (secondary N) is 2. The van der Waals surface area contributed by atoms with Crippen LogP contribution < -0.4 is 10.6 Å². The summed E-state index contributed by atoms with van der Waals surface area (Å²) in [7, 11) is 0. The second-order valence-electron chi connectivity index (χ2n) is 4.92. The van der Waals surface area contributed by atoms with Crippen LogP contribution in [0, 0.1) is 0 Å². The molecule has 1 aromatic heterocycles. The van der Waals surface area contributed by atoms with Gasteiger partial charge in [0.1, 0.15) is 5.54 Å². The Balaban J connectivity index is 2.52. The van der Waals surface area contributed by atoms with Crippen LogP contribution in [0.15, 0.2) is 12.1 Å². The number of urea groups is 1. The highest BCUT2D eigenvalue weighted by molar-refractivity contribution is 7.11. The average molecular weight is 298 g/mol. The minimum absolute atomic E-state index is 0.398. The van der Waals surface area contributed by atoms with Crippen LogP contribution in [0.3, 0.4) is 0 Å². The van der Waals surface area contributed by atoms with E-state index in [1.54, 1.807) is 11.3 Å². The van der Waals surface area contributed by atoms with Gasteiger partial charge in [-0.15, -0.1) is 11.3 Å². The van der Waals surface area contributed by atoms with Crippen molar-refractivity contribution in [1.29, 1.82) is 0 Å². The second-order valence-corrected chi connectivity index (χ2v) is 6.17. The van der Waals surface area contributed by atoms with Crippen LogP contribution >= 0.6 is 11.3 Å². The molecule has 20 heavy (non-hydrogen) atoms. The fraction of sp³-hybridized carbons (Fsp3) is 0.571. The lowest BCUT2D eigenvalue weighted by Crippen LogP contribution is -2.54. The van der Waals surface area contributed by atoms with Crippen molar-refractivity contribution in [3.8, 4) is 0 Å². The molecular formula is C14H22N2O3S. The molecule has 1 aromatic rings. The van der Waals surface area contributed by atoms with Crippen molar-refractivity contribution in [2.45, 2.75) is 52.1 Å². The molecule has 0 aromatic carbocycles. The number of carbonyl (C=O) groups excluding carboxylic acids is 1. The predicted octanol–water partition coefficient (Wildman–Crippen LogP) is 2.75. The molecule has 1 rings (SSSR count). The largest absolute Gasteiger partial charge is 0.480 e. The summed E-state index contributed by atoms with van der Waals surface area (Å²) in [5, 5.41) is 14.4. The van der Waals surface area contributed by atoms with E-state index in [4.69, 9.17) is 0 Å². The van der Waals surface area contributed by atoms with Crippen LogP contribution in [-0.2, 0) is 17.8 Å². The van der Waals surface area contributed by atoms with Gasteiger partial charge in [-0.25, -0.2) is 9.59 Å². The van der Waals surface area contributed by atoms with E-state index in [1.807, 2.05) is 19.1 Å². The Morgan fingerprint density at radius 3 is 2.45 bits per heavy atom. The molecule has 0 saturated carbocycles. The molecule has 0 aliphatic heterocycles. The van der Waals surface area contributed by atoms with E-state index in [9.17, 15) is 14.7 Å². The maximum atomic E-state index is 11.8. The smallest absolute Gasteiger partial charge is 0.329 e. The molecule has 5 nitrogen and oxygen atoms in total. The third-order valence-corrected chi connectivity index (χ3v) is 4.33. The Labute approximate surface area is 123 Å². The van der Waals surface area contributed by atoms with Gasteiger partial charge in [-0.1, -0.05) is 20.3 Å². The Morgan fingerprint density at radius 1 is 1.30 bits per heavy atom. The topological polar surface area (TPSA) is 78.4 Å². The van der Waals surface area contributed by atoms with Crippen LogP contribution in [0.25, 0.3) is 0 Å². The van der Waals surface area contributed by atoms with Crippen molar-refractivity contribution in [3.05, 3.63) is 21.9 Å². The number of aryl methyl sites for hydroxylation is 1. The third kappa shape index (κ3) is 4.52. The molecular weight excluding hydrogens is 276 g/mol. The Kier molecular flexibility index (Phi) is 6.01. The molecule has 1 atom stereocenters. The van der Waals surface area contributed by atoms with Gasteiger partial charge in [0.2, 0.25) is 0 Å². The number of amides is 2. The molecule has 112 valence electrons. The molecule has 2 amide bonds. The molecule has 3 N–H and O–H groups in total. The van der Waals surface area contributed by atoms with Gasteiger partial charge in [0.05, 0.1) is 6.54 Å². The summed E-state index contributed by atoms with van der Waals surface area (Å²) in [6, 6.07) is 3.57. The molecule has 0 bridgehead atoms. The summed E-state index contributed by atoms with van der Waals surface area (Å²) < 4.78 is 0. The molecule has 0 aliphatic carbocycles. The molecule has 0 radical (unpaired) electrons. The summed E-state index contributed by atoms with van der Waals surface area (Å²) in [5.74, 6) is -1.01. The van der Waals surface area contributed by atoms with Gasteiger partial charge < -0.3 is 15.7 Å². The molecule has 6 heteroatoms. The van der Waals surface area contributed by atoms with E-state index in [2.05, 4.69) is 17.6 Å². The number of aliphatic carboxylic acids is 1. The zero-order valence-electron chi connectivity index (χ0n) is 12.2. The average Bonchev–Trinajstić information content (AvgIpc) is 2.84. The van der Waals surface area contributed by atoms with Crippen molar-refractivity contribution < 1.29 is 14.7 Å². The minimum atomic E-state index is -1.22. The molecule has 1 heterocycles. The maximum Gasteiger partial charge on any atom is 0.329 e. The van der Waals surface area contributed by atoms with Gasteiger partial charge in [0.25, 0.3) is 0 Å². The van der Waals surface area contributed by atoms with Gasteiger partial charge in [0, 0.05) is 9.75 Å². The number of carbonyl (C=O) groups is 2. The van der Waals surface area contributed by atoms with Gasteiger partial charge in [-0.2, -0.15) is 0 Å². The number of carboxylic acids is 1. The first-order chi connectivity index (χ1) is 9.41. The lowest BCUT2D eigenvalue weighted by atomic mass is 9.97. The fourth-order valence-corrected chi connectivity index (χ4v) is 2.79. The van der Waals surface area contributed by atoms with Crippen LogP contribution in [0.5, 0.6) is 0 Å². The molecule has 0 spiro atoms. The van der Waals surface area contributed by atoms with E-state index in [1.165, 1.54) is 11.8 Å². The monoisotopic (exact) mass is 298 g/mol. The van der Waals surface area contributed by atoms with Gasteiger partial charge >= 0.3 is 12.0 Å². The summed E-state index contributed by atoms with van der Waals surface area (Å²) in [5.41, 5.74) is -1.22. The van der Waals surface area contributed by atoms with Gasteiger partial charge in [0.15, 0.2) is 0 Å². The van der Waals surface area contributed by atoms with Crippen molar-refractivity contribution in [3.63, 3.8) is 0 Å². The van der Waals surface area contributed by atoms with Crippen LogP contribution in [-0.4, -0.2) is 22.6 Å².